The molecule has 0 aliphatic heterocycles. The van der Waals surface area contributed by atoms with Crippen molar-refractivity contribution < 1.29 is 19.0 Å². The minimum Gasteiger partial charge on any atom is -0.478 e. The van der Waals surface area contributed by atoms with Gasteiger partial charge in [-0.1, -0.05) is 22.0 Å². The van der Waals surface area contributed by atoms with E-state index in [1.165, 1.54) is 24.3 Å². The smallest absolute Gasteiger partial charge is 0.328 e. The van der Waals surface area contributed by atoms with Gasteiger partial charge in [-0.05, 0) is 46.3 Å². The highest BCUT2D eigenvalue weighted by Crippen LogP contribution is 2.34. The Hall–Kier alpha value is -1.66. The summed E-state index contributed by atoms with van der Waals surface area (Å²) in [5.41, 5.74) is 0.566. The van der Waals surface area contributed by atoms with E-state index >= 15 is 0 Å². The molecule has 0 atom stereocenters. The molecule has 3 nitrogen and oxygen atoms in total. The average molecular weight is 416 g/mol. The number of aliphatic carboxylic acids is 1. The van der Waals surface area contributed by atoms with Gasteiger partial charge in [0.05, 0.1) is 4.47 Å². The predicted molar refractivity (Wildman–Crippen MR) is 85.0 cm³/mol. The lowest BCUT2D eigenvalue weighted by Crippen LogP contribution is -1.91. The second-order valence-corrected chi connectivity index (χ2v) is 5.80. The van der Waals surface area contributed by atoms with Crippen molar-refractivity contribution in [1.29, 1.82) is 0 Å². The van der Waals surface area contributed by atoms with E-state index in [4.69, 9.17) is 9.84 Å². The van der Waals surface area contributed by atoms with Gasteiger partial charge in [0.1, 0.15) is 17.3 Å². The van der Waals surface area contributed by atoms with E-state index in [9.17, 15) is 9.18 Å². The maximum absolute atomic E-state index is 13.3. The van der Waals surface area contributed by atoms with Gasteiger partial charge in [-0.3, -0.25) is 0 Å². The van der Waals surface area contributed by atoms with E-state index in [0.717, 1.165) is 10.5 Å². The molecule has 0 heterocycles. The van der Waals surface area contributed by atoms with Crippen molar-refractivity contribution in [2.45, 2.75) is 0 Å². The first-order valence-electron chi connectivity index (χ1n) is 5.79. The normalized spacial score (nSPS) is 10.8. The van der Waals surface area contributed by atoms with Crippen LogP contribution in [-0.2, 0) is 4.79 Å². The molecule has 0 fully saturated rings. The number of benzene rings is 2. The molecule has 0 saturated heterocycles. The molecule has 0 unspecified atom stereocenters. The molecule has 0 aliphatic carbocycles. The molecule has 1 N–H and O–H groups in total. The molecular formula is C15H9Br2FO3. The molecule has 2 aromatic carbocycles. The third-order valence-corrected chi connectivity index (χ3v) is 3.64. The Bertz CT molecular complexity index is 714. The van der Waals surface area contributed by atoms with Crippen LogP contribution in [0.3, 0.4) is 0 Å². The van der Waals surface area contributed by atoms with Gasteiger partial charge in [0.15, 0.2) is 0 Å². The second-order valence-electron chi connectivity index (χ2n) is 4.03. The third kappa shape index (κ3) is 4.41. The van der Waals surface area contributed by atoms with Crippen molar-refractivity contribution in [2.75, 3.05) is 0 Å². The van der Waals surface area contributed by atoms with Crippen LogP contribution in [0.15, 0.2) is 51.4 Å². The number of hydrogen-bond acceptors (Lipinski definition) is 2. The van der Waals surface area contributed by atoms with Crippen molar-refractivity contribution in [2.24, 2.45) is 0 Å². The number of carbonyl (C=O) groups is 1. The Morgan fingerprint density at radius 3 is 2.62 bits per heavy atom. The van der Waals surface area contributed by atoms with Crippen LogP contribution >= 0.6 is 31.9 Å². The van der Waals surface area contributed by atoms with Gasteiger partial charge in [0, 0.05) is 22.2 Å². The van der Waals surface area contributed by atoms with E-state index in [1.807, 2.05) is 0 Å². The zero-order valence-electron chi connectivity index (χ0n) is 10.5. The Balaban J connectivity index is 2.40. The zero-order chi connectivity index (χ0) is 15.4. The van der Waals surface area contributed by atoms with Crippen LogP contribution in [0.25, 0.3) is 6.08 Å². The van der Waals surface area contributed by atoms with E-state index in [0.29, 0.717) is 21.5 Å². The fourth-order valence-electron chi connectivity index (χ4n) is 1.57. The molecule has 0 aromatic heterocycles. The molecule has 6 heteroatoms. The number of carboxylic acids is 1. The number of hydrogen-bond donors (Lipinski definition) is 1. The Labute approximate surface area is 137 Å². The molecule has 0 bridgehead atoms. The van der Waals surface area contributed by atoms with E-state index in [2.05, 4.69) is 31.9 Å². The van der Waals surface area contributed by atoms with Gasteiger partial charge in [-0.2, -0.15) is 0 Å². The van der Waals surface area contributed by atoms with E-state index in [-0.39, 0.29) is 0 Å². The summed E-state index contributed by atoms with van der Waals surface area (Å²) in [7, 11) is 0. The molecule has 108 valence electrons. The summed E-state index contributed by atoms with van der Waals surface area (Å²) in [6, 6.07) is 9.23. The van der Waals surface area contributed by atoms with Crippen molar-refractivity contribution in [3.05, 3.63) is 62.8 Å². The summed E-state index contributed by atoms with van der Waals surface area (Å²) in [6.45, 7) is 0. The summed E-state index contributed by atoms with van der Waals surface area (Å²) >= 11 is 6.59. The Kier molecular flexibility index (Phi) is 5.14. The van der Waals surface area contributed by atoms with Gasteiger partial charge in [0.2, 0.25) is 0 Å². The van der Waals surface area contributed by atoms with Gasteiger partial charge in [-0.25, -0.2) is 9.18 Å². The van der Waals surface area contributed by atoms with E-state index < -0.39 is 11.8 Å². The van der Waals surface area contributed by atoms with E-state index in [1.54, 1.807) is 18.2 Å². The standard InChI is InChI=1S/C15H9Br2FO3/c16-10-3-1-9(2-6-15(19)20)13(7-10)21-14-8-11(18)4-5-12(14)17/h1-8H,(H,19,20)/b6-2+. The van der Waals surface area contributed by atoms with Crippen LogP contribution in [0.4, 0.5) is 4.39 Å². The molecular weight excluding hydrogens is 407 g/mol. The predicted octanol–water partition coefficient (Wildman–Crippen LogP) is 5.24. The number of ether oxygens (including phenoxy) is 1. The maximum atomic E-state index is 13.3. The highest BCUT2D eigenvalue weighted by atomic mass is 79.9. The molecule has 0 radical (unpaired) electrons. The lowest BCUT2D eigenvalue weighted by atomic mass is 10.2. The highest BCUT2D eigenvalue weighted by molar-refractivity contribution is 9.10. The van der Waals surface area contributed by atoms with Crippen molar-refractivity contribution in [3.63, 3.8) is 0 Å². The average Bonchev–Trinajstić information content (AvgIpc) is 2.42. The van der Waals surface area contributed by atoms with Crippen LogP contribution in [-0.4, -0.2) is 11.1 Å². The highest BCUT2D eigenvalue weighted by Gasteiger charge is 2.08. The number of halogens is 3. The first kappa shape index (κ1) is 15.7. The van der Waals surface area contributed by atoms with Crippen LogP contribution in [0.1, 0.15) is 5.56 Å². The molecule has 0 aliphatic rings. The monoisotopic (exact) mass is 414 g/mol. The number of carboxylic acid groups (broad SMARTS) is 1. The third-order valence-electron chi connectivity index (χ3n) is 2.49. The largest absolute Gasteiger partial charge is 0.478 e. The zero-order valence-corrected chi connectivity index (χ0v) is 13.7. The summed E-state index contributed by atoms with van der Waals surface area (Å²) in [5, 5.41) is 8.70. The van der Waals surface area contributed by atoms with Crippen LogP contribution in [0.5, 0.6) is 11.5 Å². The second kappa shape index (κ2) is 6.87. The molecule has 2 aromatic rings. The molecule has 0 amide bonds. The van der Waals surface area contributed by atoms with Crippen LogP contribution in [0, 0.1) is 5.82 Å². The lowest BCUT2D eigenvalue weighted by molar-refractivity contribution is -0.131. The topological polar surface area (TPSA) is 46.5 Å². The van der Waals surface area contributed by atoms with Crippen LogP contribution < -0.4 is 4.74 Å². The molecule has 0 saturated carbocycles. The quantitative estimate of drug-likeness (QED) is 0.694. The summed E-state index contributed by atoms with van der Waals surface area (Å²) < 4.78 is 20.3. The van der Waals surface area contributed by atoms with Crippen LogP contribution in [0.2, 0.25) is 0 Å². The van der Waals surface area contributed by atoms with Gasteiger partial charge < -0.3 is 9.84 Å². The molecule has 21 heavy (non-hydrogen) atoms. The van der Waals surface area contributed by atoms with Crippen molar-refractivity contribution in [1.82, 2.24) is 0 Å². The van der Waals surface area contributed by atoms with Crippen molar-refractivity contribution >= 4 is 43.9 Å². The maximum Gasteiger partial charge on any atom is 0.328 e. The fraction of sp³-hybridized carbons (Fsp3) is 0. The van der Waals surface area contributed by atoms with Gasteiger partial charge in [-0.15, -0.1) is 0 Å². The summed E-state index contributed by atoms with van der Waals surface area (Å²) in [6.07, 6.45) is 2.42. The number of rotatable bonds is 4. The summed E-state index contributed by atoms with van der Waals surface area (Å²) in [4.78, 5) is 10.6. The lowest BCUT2D eigenvalue weighted by Gasteiger charge is -2.11. The fourth-order valence-corrected chi connectivity index (χ4v) is 2.24. The Morgan fingerprint density at radius 1 is 1.14 bits per heavy atom. The molecule has 0 spiro atoms. The minimum absolute atomic E-state index is 0.304. The first-order valence-corrected chi connectivity index (χ1v) is 7.38. The first-order chi connectivity index (χ1) is 9.95. The van der Waals surface area contributed by atoms with Gasteiger partial charge in [0.25, 0.3) is 0 Å². The van der Waals surface area contributed by atoms with Crippen molar-refractivity contribution in [3.8, 4) is 11.5 Å². The van der Waals surface area contributed by atoms with Gasteiger partial charge >= 0.3 is 5.97 Å². The summed E-state index contributed by atoms with van der Waals surface area (Å²) in [5.74, 6) is -0.770. The minimum atomic E-state index is -1.06. The SMILES string of the molecule is O=C(O)/C=C/c1ccc(Br)cc1Oc1cc(F)ccc1Br. The Morgan fingerprint density at radius 2 is 1.90 bits per heavy atom. The molecule has 2 rings (SSSR count).